The second-order valence-electron chi connectivity index (χ2n) is 4.19. The van der Waals surface area contributed by atoms with Crippen molar-refractivity contribution in [1.29, 1.82) is 0 Å². The van der Waals surface area contributed by atoms with Gasteiger partial charge in [-0.3, -0.25) is 4.79 Å². The van der Waals surface area contributed by atoms with E-state index in [9.17, 15) is 4.79 Å². The summed E-state index contributed by atoms with van der Waals surface area (Å²) in [5, 5.41) is 2.86. The molecule has 0 aromatic heterocycles. The van der Waals surface area contributed by atoms with Crippen LogP contribution in [0.25, 0.3) is 0 Å². The lowest BCUT2D eigenvalue weighted by Crippen LogP contribution is -2.44. The van der Waals surface area contributed by atoms with E-state index >= 15 is 0 Å². The van der Waals surface area contributed by atoms with E-state index in [0.29, 0.717) is 18.8 Å². The first kappa shape index (κ1) is 14.5. The topological polar surface area (TPSA) is 47.6 Å². The van der Waals surface area contributed by atoms with Crippen LogP contribution < -0.4 is 10.1 Å². The highest BCUT2D eigenvalue weighted by Gasteiger charge is 2.19. The maximum Gasteiger partial charge on any atom is 0.261 e. The Morgan fingerprint density at radius 2 is 2.00 bits per heavy atom. The largest absolute Gasteiger partial charge is 0.481 e. The fourth-order valence-electron chi connectivity index (χ4n) is 1.61. The maximum atomic E-state index is 12.0. The highest BCUT2D eigenvalue weighted by Crippen LogP contribution is 2.12. The number of benzene rings is 1. The molecule has 18 heavy (non-hydrogen) atoms. The van der Waals surface area contributed by atoms with E-state index in [4.69, 9.17) is 9.47 Å². The molecular formula is C14H21NO3. The zero-order valence-corrected chi connectivity index (χ0v) is 11.2. The number of amides is 1. The van der Waals surface area contributed by atoms with Crippen LogP contribution in [0.5, 0.6) is 5.75 Å². The van der Waals surface area contributed by atoms with E-state index in [-0.39, 0.29) is 11.9 Å². The van der Waals surface area contributed by atoms with Crippen molar-refractivity contribution < 1.29 is 14.3 Å². The molecular weight excluding hydrogens is 230 g/mol. The molecule has 1 rings (SSSR count). The van der Waals surface area contributed by atoms with Gasteiger partial charge in [-0.25, -0.2) is 0 Å². The van der Waals surface area contributed by atoms with Crippen LogP contribution in [-0.4, -0.2) is 31.8 Å². The van der Waals surface area contributed by atoms with E-state index in [2.05, 4.69) is 5.32 Å². The second-order valence-corrected chi connectivity index (χ2v) is 4.19. The summed E-state index contributed by atoms with van der Waals surface area (Å²) in [6.07, 6.45) is 0.159. The highest BCUT2D eigenvalue weighted by molar-refractivity contribution is 5.81. The van der Waals surface area contributed by atoms with E-state index in [1.807, 2.05) is 44.2 Å². The summed E-state index contributed by atoms with van der Waals surface area (Å²) in [6.45, 7) is 4.32. The zero-order chi connectivity index (χ0) is 13.4. The Bertz CT molecular complexity index is 353. The number of hydrogen-bond acceptors (Lipinski definition) is 3. The summed E-state index contributed by atoms with van der Waals surface area (Å²) in [7, 11) is 1.61. The molecule has 1 amide bonds. The number of rotatable bonds is 7. The van der Waals surface area contributed by atoms with Crippen LogP contribution in [0.15, 0.2) is 30.3 Å². The SMILES string of the molecule is CC[C@H](Oc1ccccc1)C(=O)N[C@@H](C)COC. The van der Waals surface area contributed by atoms with Gasteiger partial charge >= 0.3 is 0 Å². The number of carbonyl (C=O) groups is 1. The third-order valence-corrected chi connectivity index (χ3v) is 2.49. The molecule has 0 bridgehead atoms. The lowest BCUT2D eigenvalue weighted by molar-refractivity contribution is -0.129. The fourth-order valence-corrected chi connectivity index (χ4v) is 1.61. The minimum absolute atomic E-state index is 0.0177. The molecule has 0 saturated carbocycles. The molecule has 2 atom stereocenters. The molecule has 0 aliphatic rings. The Morgan fingerprint density at radius 3 is 2.56 bits per heavy atom. The summed E-state index contributed by atoms with van der Waals surface area (Å²) >= 11 is 0. The van der Waals surface area contributed by atoms with E-state index in [1.165, 1.54) is 0 Å². The number of ether oxygens (including phenoxy) is 2. The van der Waals surface area contributed by atoms with Crippen molar-refractivity contribution in [3.63, 3.8) is 0 Å². The van der Waals surface area contributed by atoms with Crippen LogP contribution in [0.1, 0.15) is 20.3 Å². The lowest BCUT2D eigenvalue weighted by Gasteiger charge is -2.20. The summed E-state index contributed by atoms with van der Waals surface area (Å²) in [6, 6.07) is 9.34. The third-order valence-electron chi connectivity index (χ3n) is 2.49. The minimum atomic E-state index is -0.466. The summed E-state index contributed by atoms with van der Waals surface area (Å²) in [4.78, 5) is 12.0. The van der Waals surface area contributed by atoms with Gasteiger partial charge in [0.15, 0.2) is 6.10 Å². The highest BCUT2D eigenvalue weighted by atomic mass is 16.5. The lowest BCUT2D eigenvalue weighted by atomic mass is 10.2. The number of methoxy groups -OCH3 is 1. The quantitative estimate of drug-likeness (QED) is 0.806. The summed E-state index contributed by atoms with van der Waals surface area (Å²) < 4.78 is 10.6. The number of para-hydroxylation sites is 1. The van der Waals surface area contributed by atoms with Crippen LogP contribution in [-0.2, 0) is 9.53 Å². The Hall–Kier alpha value is -1.55. The Morgan fingerprint density at radius 1 is 1.33 bits per heavy atom. The molecule has 0 aliphatic carbocycles. The molecule has 4 nitrogen and oxygen atoms in total. The molecule has 1 aromatic rings. The van der Waals surface area contributed by atoms with Crippen LogP contribution in [0, 0.1) is 0 Å². The van der Waals surface area contributed by atoms with Gasteiger partial charge in [-0.05, 0) is 25.5 Å². The third kappa shape index (κ3) is 4.75. The van der Waals surface area contributed by atoms with Crippen molar-refractivity contribution in [1.82, 2.24) is 5.32 Å². The van der Waals surface area contributed by atoms with Crippen molar-refractivity contribution in [2.45, 2.75) is 32.4 Å². The van der Waals surface area contributed by atoms with Crippen molar-refractivity contribution in [3.05, 3.63) is 30.3 Å². The molecule has 4 heteroatoms. The molecule has 0 saturated heterocycles. The Kier molecular flexibility index (Phi) is 6.22. The first-order chi connectivity index (χ1) is 8.67. The van der Waals surface area contributed by atoms with Gasteiger partial charge < -0.3 is 14.8 Å². The molecule has 0 spiro atoms. The minimum Gasteiger partial charge on any atom is -0.481 e. The number of nitrogens with one attached hydrogen (secondary N) is 1. The molecule has 0 aliphatic heterocycles. The number of carbonyl (C=O) groups excluding carboxylic acids is 1. The van der Waals surface area contributed by atoms with Gasteiger partial charge in [0, 0.05) is 13.2 Å². The number of hydrogen-bond donors (Lipinski definition) is 1. The van der Waals surface area contributed by atoms with E-state index in [1.54, 1.807) is 7.11 Å². The predicted molar refractivity (Wildman–Crippen MR) is 70.6 cm³/mol. The summed E-state index contributed by atoms with van der Waals surface area (Å²) in [5.74, 6) is 0.602. The van der Waals surface area contributed by atoms with Gasteiger partial charge in [0.1, 0.15) is 5.75 Å². The van der Waals surface area contributed by atoms with Crippen LogP contribution in [0.2, 0.25) is 0 Å². The summed E-state index contributed by atoms with van der Waals surface area (Å²) in [5.41, 5.74) is 0. The predicted octanol–water partition coefficient (Wildman–Crippen LogP) is 2.00. The average molecular weight is 251 g/mol. The van der Waals surface area contributed by atoms with Gasteiger partial charge in [-0.15, -0.1) is 0 Å². The fraction of sp³-hybridized carbons (Fsp3) is 0.500. The van der Waals surface area contributed by atoms with E-state index < -0.39 is 6.10 Å². The smallest absolute Gasteiger partial charge is 0.261 e. The standard InChI is InChI=1S/C14H21NO3/c1-4-13(14(16)15-11(2)10-17-3)18-12-8-6-5-7-9-12/h5-9,11,13H,4,10H2,1-3H3,(H,15,16)/t11-,13-/m0/s1. The first-order valence-corrected chi connectivity index (χ1v) is 6.18. The first-order valence-electron chi connectivity index (χ1n) is 6.18. The van der Waals surface area contributed by atoms with Crippen LogP contribution in [0.3, 0.4) is 0 Å². The van der Waals surface area contributed by atoms with Crippen LogP contribution in [0.4, 0.5) is 0 Å². The van der Waals surface area contributed by atoms with E-state index in [0.717, 1.165) is 0 Å². The molecule has 100 valence electrons. The van der Waals surface area contributed by atoms with Crippen molar-refractivity contribution >= 4 is 5.91 Å². The van der Waals surface area contributed by atoms with Crippen molar-refractivity contribution in [2.75, 3.05) is 13.7 Å². The zero-order valence-electron chi connectivity index (χ0n) is 11.2. The van der Waals surface area contributed by atoms with Gasteiger partial charge in [0.25, 0.3) is 5.91 Å². The monoisotopic (exact) mass is 251 g/mol. The molecule has 0 unspecified atom stereocenters. The molecule has 0 heterocycles. The molecule has 1 aromatic carbocycles. The molecule has 1 N–H and O–H groups in total. The van der Waals surface area contributed by atoms with Gasteiger partial charge in [0.05, 0.1) is 6.61 Å². The van der Waals surface area contributed by atoms with Gasteiger partial charge in [0.2, 0.25) is 0 Å². The van der Waals surface area contributed by atoms with Gasteiger partial charge in [-0.1, -0.05) is 25.1 Å². The second kappa shape index (κ2) is 7.71. The normalized spacial score (nSPS) is 13.7. The van der Waals surface area contributed by atoms with Crippen molar-refractivity contribution in [3.8, 4) is 5.75 Å². The Balaban J connectivity index is 2.52. The Labute approximate surface area is 108 Å². The maximum absolute atomic E-state index is 12.0. The molecule has 0 fully saturated rings. The van der Waals surface area contributed by atoms with Gasteiger partial charge in [-0.2, -0.15) is 0 Å². The average Bonchev–Trinajstić information content (AvgIpc) is 2.37. The van der Waals surface area contributed by atoms with Crippen LogP contribution >= 0.6 is 0 Å². The molecule has 0 radical (unpaired) electrons. The van der Waals surface area contributed by atoms with Crippen molar-refractivity contribution in [2.24, 2.45) is 0 Å².